The van der Waals surface area contributed by atoms with Gasteiger partial charge in [-0.1, -0.05) is 0 Å². The highest BCUT2D eigenvalue weighted by Gasteiger charge is 2.01. The summed E-state index contributed by atoms with van der Waals surface area (Å²) in [6.45, 7) is 0. The van der Waals surface area contributed by atoms with Crippen molar-refractivity contribution in [3.63, 3.8) is 0 Å². The lowest BCUT2D eigenvalue weighted by atomic mass is 10.3. The molecule has 66 valence electrons. The molecule has 0 bridgehead atoms. The van der Waals surface area contributed by atoms with Crippen molar-refractivity contribution < 1.29 is 0 Å². The molecule has 3 N–H and O–H groups in total. The number of nitrogens with one attached hydrogen (secondary N) is 1. The topological polar surface area (TPSA) is 76.7 Å². The number of pyridine rings is 1. The van der Waals surface area contributed by atoms with E-state index < -0.39 is 0 Å². The molecule has 13 heavy (non-hydrogen) atoms. The Labute approximate surface area is 77.8 Å². The second-order valence-electron chi connectivity index (χ2n) is 2.50. The standard InChI is InChI=1S/C7H6N4OS/c8-11-6(12)4-2-1-3-9-5(4)10-7(11)13/h1-3H,8H2,(H,9,10,13). The van der Waals surface area contributed by atoms with Crippen molar-refractivity contribution in [3.05, 3.63) is 33.5 Å². The molecule has 0 unspecified atom stereocenters. The van der Waals surface area contributed by atoms with Crippen molar-refractivity contribution in [1.82, 2.24) is 14.6 Å². The monoisotopic (exact) mass is 194 g/mol. The van der Waals surface area contributed by atoms with E-state index in [9.17, 15) is 4.79 Å². The molecule has 0 aromatic carbocycles. The highest BCUT2D eigenvalue weighted by atomic mass is 32.1. The Morgan fingerprint density at radius 3 is 3.15 bits per heavy atom. The number of nitrogens with zero attached hydrogens (tertiary/aromatic N) is 2. The molecule has 6 heteroatoms. The Bertz CT molecular complexity index is 570. The highest BCUT2D eigenvalue weighted by Crippen LogP contribution is 2.00. The minimum Gasteiger partial charge on any atom is -0.334 e. The minimum absolute atomic E-state index is 0.163. The maximum absolute atomic E-state index is 11.5. The third-order valence-corrected chi connectivity index (χ3v) is 2.00. The summed E-state index contributed by atoms with van der Waals surface area (Å²) in [5, 5.41) is 0.429. The number of hydrogen-bond acceptors (Lipinski definition) is 4. The predicted molar refractivity (Wildman–Crippen MR) is 51.3 cm³/mol. The number of fused-ring (bicyclic) bond motifs is 1. The lowest BCUT2D eigenvalue weighted by molar-refractivity contribution is 0.887. The SMILES string of the molecule is Nn1c(=S)[nH]c2ncccc2c1=O. The Kier molecular flexibility index (Phi) is 1.63. The molecule has 0 fully saturated rings. The van der Waals surface area contributed by atoms with Gasteiger partial charge in [-0.2, -0.15) is 4.68 Å². The fourth-order valence-corrected chi connectivity index (χ4v) is 1.24. The molecule has 2 rings (SSSR count). The number of rotatable bonds is 0. The van der Waals surface area contributed by atoms with Crippen LogP contribution >= 0.6 is 12.2 Å². The quantitative estimate of drug-likeness (QED) is 0.463. The molecule has 0 saturated carbocycles. The van der Waals surface area contributed by atoms with Gasteiger partial charge in [-0.05, 0) is 24.4 Å². The Morgan fingerprint density at radius 2 is 2.38 bits per heavy atom. The first kappa shape index (κ1) is 7.93. The van der Waals surface area contributed by atoms with Gasteiger partial charge in [-0.25, -0.2) is 4.98 Å². The second kappa shape index (κ2) is 2.67. The molecule has 2 aromatic heterocycles. The van der Waals surface area contributed by atoms with Gasteiger partial charge in [0.25, 0.3) is 5.56 Å². The molecular weight excluding hydrogens is 188 g/mol. The van der Waals surface area contributed by atoms with Crippen molar-refractivity contribution >= 4 is 23.3 Å². The predicted octanol–water partition coefficient (Wildman–Crippen LogP) is 0.168. The zero-order chi connectivity index (χ0) is 9.42. The van der Waals surface area contributed by atoms with E-state index >= 15 is 0 Å². The first-order valence-corrected chi connectivity index (χ1v) is 3.96. The Hall–Kier alpha value is -1.69. The lowest BCUT2D eigenvalue weighted by Crippen LogP contribution is -2.28. The van der Waals surface area contributed by atoms with Crippen LogP contribution in [-0.4, -0.2) is 14.6 Å². The maximum Gasteiger partial charge on any atom is 0.282 e. The molecular formula is C7H6N4OS. The van der Waals surface area contributed by atoms with Crippen LogP contribution in [0.15, 0.2) is 23.1 Å². The van der Waals surface area contributed by atoms with E-state index in [-0.39, 0.29) is 10.3 Å². The van der Waals surface area contributed by atoms with E-state index in [4.69, 9.17) is 18.1 Å². The van der Waals surface area contributed by atoms with Crippen LogP contribution in [0.1, 0.15) is 0 Å². The van der Waals surface area contributed by atoms with Crippen molar-refractivity contribution in [1.29, 1.82) is 0 Å². The summed E-state index contributed by atoms with van der Waals surface area (Å²) in [5.74, 6) is 5.39. The Morgan fingerprint density at radius 1 is 1.62 bits per heavy atom. The highest BCUT2D eigenvalue weighted by molar-refractivity contribution is 7.71. The number of nitrogen functional groups attached to an aromatic ring is 1. The van der Waals surface area contributed by atoms with Crippen LogP contribution in [0.2, 0.25) is 0 Å². The van der Waals surface area contributed by atoms with Crippen LogP contribution < -0.4 is 11.4 Å². The van der Waals surface area contributed by atoms with Crippen molar-refractivity contribution in [2.24, 2.45) is 0 Å². The molecule has 0 atom stereocenters. The molecule has 0 spiro atoms. The van der Waals surface area contributed by atoms with Crippen LogP contribution in [0.3, 0.4) is 0 Å². The maximum atomic E-state index is 11.5. The van der Waals surface area contributed by atoms with Gasteiger partial charge in [0, 0.05) is 6.20 Å². The zero-order valence-electron chi connectivity index (χ0n) is 6.52. The summed E-state index contributed by atoms with van der Waals surface area (Å²) in [4.78, 5) is 18.2. The van der Waals surface area contributed by atoms with Crippen LogP contribution in [0.25, 0.3) is 11.0 Å². The van der Waals surface area contributed by atoms with Crippen molar-refractivity contribution in [2.45, 2.75) is 0 Å². The second-order valence-corrected chi connectivity index (χ2v) is 2.89. The third kappa shape index (κ3) is 1.11. The normalized spacial score (nSPS) is 10.5. The molecule has 0 aliphatic heterocycles. The van der Waals surface area contributed by atoms with Gasteiger partial charge in [0.2, 0.25) is 4.77 Å². The van der Waals surface area contributed by atoms with E-state index in [0.717, 1.165) is 4.68 Å². The van der Waals surface area contributed by atoms with Gasteiger partial charge in [0.1, 0.15) is 5.65 Å². The van der Waals surface area contributed by atoms with Gasteiger partial charge >= 0.3 is 0 Å². The molecule has 0 amide bonds. The first-order valence-electron chi connectivity index (χ1n) is 3.55. The molecule has 0 aliphatic rings. The summed E-state index contributed by atoms with van der Waals surface area (Å²) in [6.07, 6.45) is 1.58. The van der Waals surface area contributed by atoms with Gasteiger partial charge in [-0.15, -0.1) is 0 Å². The minimum atomic E-state index is -0.341. The van der Waals surface area contributed by atoms with Gasteiger partial charge in [0.15, 0.2) is 0 Å². The summed E-state index contributed by atoms with van der Waals surface area (Å²) in [6, 6.07) is 3.31. The largest absolute Gasteiger partial charge is 0.334 e. The van der Waals surface area contributed by atoms with Gasteiger partial charge < -0.3 is 10.8 Å². The smallest absolute Gasteiger partial charge is 0.282 e. The molecule has 5 nitrogen and oxygen atoms in total. The van der Waals surface area contributed by atoms with Crippen molar-refractivity contribution in [3.8, 4) is 0 Å². The summed E-state index contributed by atoms with van der Waals surface area (Å²) in [7, 11) is 0. The van der Waals surface area contributed by atoms with Crippen LogP contribution in [0, 0.1) is 4.77 Å². The number of aromatic nitrogens is 3. The van der Waals surface area contributed by atoms with Crippen LogP contribution in [0.4, 0.5) is 0 Å². The van der Waals surface area contributed by atoms with E-state index in [0.29, 0.717) is 11.0 Å². The van der Waals surface area contributed by atoms with E-state index in [1.54, 1.807) is 18.3 Å². The molecule has 0 aliphatic carbocycles. The van der Waals surface area contributed by atoms with E-state index in [2.05, 4.69) is 9.97 Å². The van der Waals surface area contributed by atoms with E-state index in [1.807, 2.05) is 0 Å². The summed E-state index contributed by atoms with van der Waals surface area (Å²) < 4.78 is 1.05. The zero-order valence-corrected chi connectivity index (χ0v) is 7.34. The van der Waals surface area contributed by atoms with Gasteiger partial charge in [-0.3, -0.25) is 4.79 Å². The van der Waals surface area contributed by atoms with Crippen LogP contribution in [0.5, 0.6) is 0 Å². The number of aromatic amines is 1. The third-order valence-electron chi connectivity index (χ3n) is 1.70. The fourth-order valence-electron chi connectivity index (χ4n) is 1.06. The number of hydrogen-bond donors (Lipinski definition) is 2. The van der Waals surface area contributed by atoms with Gasteiger partial charge in [0.05, 0.1) is 5.39 Å². The summed E-state index contributed by atoms with van der Waals surface area (Å²) >= 11 is 4.81. The summed E-state index contributed by atoms with van der Waals surface area (Å²) in [5.41, 5.74) is 0.117. The number of nitrogens with two attached hydrogens (primary N) is 1. The Balaban J connectivity index is 3.12. The van der Waals surface area contributed by atoms with E-state index in [1.165, 1.54) is 0 Å². The average molecular weight is 194 g/mol. The lowest BCUT2D eigenvalue weighted by Gasteiger charge is -1.99. The van der Waals surface area contributed by atoms with Crippen LogP contribution in [-0.2, 0) is 0 Å². The number of H-pyrrole nitrogens is 1. The average Bonchev–Trinajstić information content (AvgIpc) is 2.15. The fraction of sp³-hybridized carbons (Fsp3) is 0. The first-order chi connectivity index (χ1) is 6.20. The molecule has 0 saturated heterocycles. The molecule has 2 heterocycles. The van der Waals surface area contributed by atoms with Crippen molar-refractivity contribution in [2.75, 3.05) is 5.84 Å². The molecule has 2 aromatic rings. The molecule has 0 radical (unpaired) electrons.